The van der Waals surface area contributed by atoms with E-state index in [1.165, 1.54) is 25.8 Å². The van der Waals surface area contributed by atoms with Crippen molar-refractivity contribution in [3.63, 3.8) is 0 Å². The van der Waals surface area contributed by atoms with Crippen molar-refractivity contribution >= 4 is 23.6 Å². The summed E-state index contributed by atoms with van der Waals surface area (Å²) in [6.07, 6.45) is 3.95. The van der Waals surface area contributed by atoms with E-state index in [0.717, 1.165) is 23.1 Å². The molecule has 20 heavy (non-hydrogen) atoms. The van der Waals surface area contributed by atoms with Gasteiger partial charge in [-0.1, -0.05) is 6.42 Å². The van der Waals surface area contributed by atoms with Crippen LogP contribution in [0.25, 0.3) is 11.5 Å². The van der Waals surface area contributed by atoms with E-state index in [4.69, 9.17) is 17.2 Å². The van der Waals surface area contributed by atoms with Gasteiger partial charge in [-0.3, -0.25) is 10.00 Å². The molecule has 0 saturated carbocycles. The van der Waals surface area contributed by atoms with Gasteiger partial charge in [0.25, 0.3) is 0 Å². The summed E-state index contributed by atoms with van der Waals surface area (Å²) in [6.45, 7) is 4.44. The average molecular weight is 309 g/mol. The summed E-state index contributed by atoms with van der Waals surface area (Å²) >= 11 is 6.84. The third-order valence-electron chi connectivity index (χ3n) is 3.94. The molecule has 1 aliphatic rings. The van der Waals surface area contributed by atoms with Crippen LogP contribution in [0.2, 0.25) is 0 Å². The number of aromatic nitrogens is 4. The van der Waals surface area contributed by atoms with Crippen LogP contribution in [0.15, 0.2) is 5.38 Å². The molecule has 1 unspecified atom stereocenters. The number of thiazole rings is 1. The van der Waals surface area contributed by atoms with Gasteiger partial charge in [0, 0.05) is 18.5 Å². The topological polar surface area (TPSA) is 49.7 Å². The van der Waals surface area contributed by atoms with Crippen LogP contribution in [0.5, 0.6) is 0 Å². The molecule has 3 rings (SSSR count). The molecule has 108 valence electrons. The molecule has 0 spiro atoms. The molecular formula is C13H19N5S2. The van der Waals surface area contributed by atoms with Crippen LogP contribution >= 0.6 is 23.6 Å². The normalized spacial score (nSPS) is 20.4. The maximum Gasteiger partial charge on any atom is 0.195 e. The fraction of sp³-hybridized carbons (Fsp3) is 0.615. The van der Waals surface area contributed by atoms with Gasteiger partial charge in [0.15, 0.2) is 10.6 Å². The van der Waals surface area contributed by atoms with Gasteiger partial charge in [0.1, 0.15) is 10.7 Å². The summed E-state index contributed by atoms with van der Waals surface area (Å²) in [5, 5.41) is 10.3. The van der Waals surface area contributed by atoms with Gasteiger partial charge in [-0.2, -0.15) is 5.10 Å². The van der Waals surface area contributed by atoms with Crippen LogP contribution in [0.3, 0.4) is 0 Å². The predicted octanol–water partition coefficient (Wildman–Crippen LogP) is 2.98. The Kier molecular flexibility index (Phi) is 4.00. The lowest BCUT2D eigenvalue weighted by atomic mass is 10.0. The van der Waals surface area contributed by atoms with Crippen LogP contribution in [0.4, 0.5) is 0 Å². The molecule has 2 aromatic rings. The maximum absolute atomic E-state index is 5.14. The fourth-order valence-electron chi connectivity index (χ4n) is 2.63. The number of likely N-dealkylation sites (tertiary alicyclic amines) is 1. The molecule has 5 nitrogen and oxygen atoms in total. The molecule has 1 atom stereocenters. The van der Waals surface area contributed by atoms with Gasteiger partial charge < -0.3 is 4.57 Å². The first-order chi connectivity index (χ1) is 9.65. The molecule has 0 amide bonds. The van der Waals surface area contributed by atoms with Crippen molar-refractivity contribution in [2.45, 2.75) is 38.8 Å². The van der Waals surface area contributed by atoms with Crippen LogP contribution in [-0.4, -0.2) is 37.2 Å². The van der Waals surface area contributed by atoms with E-state index in [9.17, 15) is 0 Å². The molecular weight excluding hydrogens is 290 g/mol. The SMILES string of the molecule is CC1CCCCN1Cc1nc(-c2n[nH]c(=S)n2C)cs1. The van der Waals surface area contributed by atoms with Crippen LogP contribution in [0, 0.1) is 4.77 Å². The summed E-state index contributed by atoms with van der Waals surface area (Å²) < 4.78 is 2.48. The van der Waals surface area contributed by atoms with E-state index in [2.05, 4.69) is 27.4 Å². The van der Waals surface area contributed by atoms with E-state index >= 15 is 0 Å². The first kappa shape index (κ1) is 13.9. The molecule has 3 heterocycles. The molecule has 0 aliphatic carbocycles. The van der Waals surface area contributed by atoms with Gasteiger partial charge in [0.2, 0.25) is 0 Å². The Hall–Kier alpha value is -1.05. The smallest absolute Gasteiger partial charge is 0.195 e. The van der Waals surface area contributed by atoms with Gasteiger partial charge in [-0.05, 0) is 38.5 Å². The highest BCUT2D eigenvalue weighted by Crippen LogP contribution is 2.24. The van der Waals surface area contributed by atoms with Crippen molar-refractivity contribution in [3.8, 4) is 11.5 Å². The van der Waals surface area contributed by atoms with Gasteiger partial charge >= 0.3 is 0 Å². The van der Waals surface area contributed by atoms with Gasteiger partial charge in [0.05, 0.1) is 6.54 Å². The van der Waals surface area contributed by atoms with Crippen LogP contribution in [-0.2, 0) is 13.6 Å². The molecule has 0 aromatic carbocycles. The Morgan fingerprint density at radius 3 is 3.05 bits per heavy atom. The van der Waals surface area contributed by atoms with Crippen molar-refractivity contribution in [2.75, 3.05) is 6.54 Å². The Morgan fingerprint density at radius 2 is 2.35 bits per heavy atom. The van der Waals surface area contributed by atoms with Crippen molar-refractivity contribution < 1.29 is 0 Å². The van der Waals surface area contributed by atoms with E-state index in [1.54, 1.807) is 11.3 Å². The van der Waals surface area contributed by atoms with E-state index < -0.39 is 0 Å². The minimum atomic E-state index is 0.624. The summed E-state index contributed by atoms with van der Waals surface area (Å²) in [5.74, 6) is 0.809. The predicted molar refractivity (Wildman–Crippen MR) is 83.2 cm³/mol. The zero-order valence-corrected chi connectivity index (χ0v) is 13.4. The minimum absolute atomic E-state index is 0.624. The lowest BCUT2D eigenvalue weighted by Crippen LogP contribution is -2.36. The van der Waals surface area contributed by atoms with Crippen LogP contribution in [0.1, 0.15) is 31.2 Å². The molecule has 0 bridgehead atoms. The quantitative estimate of drug-likeness (QED) is 0.886. The van der Waals surface area contributed by atoms with E-state index in [0.29, 0.717) is 10.8 Å². The Labute approximate surface area is 127 Å². The number of H-pyrrole nitrogens is 1. The Bertz CT molecular complexity index is 641. The highest BCUT2D eigenvalue weighted by molar-refractivity contribution is 7.71. The summed E-state index contributed by atoms with van der Waals surface area (Å²) in [4.78, 5) is 7.23. The molecule has 2 aromatic heterocycles. The number of aromatic amines is 1. The molecule has 7 heteroatoms. The standard InChI is InChI=1S/C13H19N5S2/c1-9-5-3-4-6-18(9)7-11-14-10(8-20-11)12-15-16-13(19)17(12)2/h8-9H,3-7H2,1-2H3,(H,16,19). The zero-order valence-electron chi connectivity index (χ0n) is 11.8. The largest absolute Gasteiger partial charge is 0.302 e. The molecule has 1 saturated heterocycles. The lowest BCUT2D eigenvalue weighted by molar-refractivity contribution is 0.152. The van der Waals surface area contributed by atoms with Crippen molar-refractivity contribution in [1.82, 2.24) is 24.6 Å². The summed E-state index contributed by atoms with van der Waals surface area (Å²) in [5.41, 5.74) is 0.907. The second-order valence-electron chi connectivity index (χ2n) is 5.35. The van der Waals surface area contributed by atoms with Gasteiger partial charge in [-0.25, -0.2) is 4.98 Å². The fourth-order valence-corrected chi connectivity index (χ4v) is 3.56. The Morgan fingerprint density at radius 1 is 1.50 bits per heavy atom. The summed E-state index contributed by atoms with van der Waals surface area (Å²) in [6, 6.07) is 0.664. The first-order valence-corrected chi connectivity index (χ1v) is 8.24. The van der Waals surface area contributed by atoms with Gasteiger partial charge in [-0.15, -0.1) is 11.3 Å². The number of nitrogens with one attached hydrogen (secondary N) is 1. The zero-order chi connectivity index (χ0) is 14.1. The highest BCUT2D eigenvalue weighted by Gasteiger charge is 2.20. The monoisotopic (exact) mass is 309 g/mol. The first-order valence-electron chi connectivity index (χ1n) is 6.95. The second kappa shape index (κ2) is 5.75. The van der Waals surface area contributed by atoms with Crippen molar-refractivity contribution in [3.05, 3.63) is 15.2 Å². The van der Waals surface area contributed by atoms with Crippen LogP contribution < -0.4 is 0 Å². The molecule has 1 N–H and O–H groups in total. The third-order valence-corrected chi connectivity index (χ3v) is 5.14. The minimum Gasteiger partial charge on any atom is -0.302 e. The number of hydrogen-bond acceptors (Lipinski definition) is 5. The summed E-state index contributed by atoms with van der Waals surface area (Å²) in [7, 11) is 1.91. The Balaban J connectivity index is 1.77. The molecule has 0 radical (unpaired) electrons. The molecule has 1 aliphatic heterocycles. The van der Waals surface area contributed by atoms with E-state index in [-0.39, 0.29) is 0 Å². The molecule has 1 fully saturated rings. The second-order valence-corrected chi connectivity index (χ2v) is 6.68. The lowest BCUT2D eigenvalue weighted by Gasteiger charge is -2.32. The average Bonchev–Trinajstić information content (AvgIpc) is 3.01. The number of rotatable bonds is 3. The van der Waals surface area contributed by atoms with Crippen molar-refractivity contribution in [2.24, 2.45) is 7.05 Å². The number of hydrogen-bond donors (Lipinski definition) is 1. The number of piperidine rings is 1. The van der Waals surface area contributed by atoms with E-state index in [1.807, 2.05) is 11.6 Å². The highest BCUT2D eigenvalue weighted by atomic mass is 32.1. The third kappa shape index (κ3) is 2.70. The maximum atomic E-state index is 5.14. The number of nitrogens with zero attached hydrogens (tertiary/aromatic N) is 4. The van der Waals surface area contributed by atoms with Crippen molar-refractivity contribution in [1.29, 1.82) is 0 Å².